The lowest BCUT2D eigenvalue weighted by Crippen LogP contribution is -2.42. The number of amides is 1. The molecule has 5 heteroatoms. The van der Waals surface area contributed by atoms with E-state index in [0.717, 1.165) is 5.69 Å². The molecule has 0 radical (unpaired) electrons. The zero-order valence-corrected chi connectivity index (χ0v) is 8.89. The van der Waals surface area contributed by atoms with Gasteiger partial charge < -0.3 is 20.8 Å². The van der Waals surface area contributed by atoms with E-state index in [1.54, 1.807) is 0 Å². The van der Waals surface area contributed by atoms with E-state index < -0.39 is 6.04 Å². The SMILES string of the molecule is O=C(CNc1ccccc1)NC(CO)CO. The Kier molecular flexibility index (Phi) is 5.31. The van der Waals surface area contributed by atoms with Gasteiger partial charge in [0.15, 0.2) is 0 Å². The second kappa shape index (κ2) is 6.81. The van der Waals surface area contributed by atoms with Crippen LogP contribution in [0, 0.1) is 0 Å². The molecule has 0 saturated heterocycles. The van der Waals surface area contributed by atoms with Gasteiger partial charge in [0.2, 0.25) is 5.91 Å². The van der Waals surface area contributed by atoms with Crippen LogP contribution in [-0.4, -0.2) is 41.9 Å². The molecule has 0 unspecified atom stereocenters. The first-order valence-corrected chi connectivity index (χ1v) is 5.06. The Morgan fingerprint density at radius 1 is 1.19 bits per heavy atom. The predicted octanol–water partition coefficient (Wildman–Crippen LogP) is -0.432. The smallest absolute Gasteiger partial charge is 0.239 e. The van der Waals surface area contributed by atoms with E-state index >= 15 is 0 Å². The third-order valence-electron chi connectivity index (χ3n) is 2.03. The summed E-state index contributed by atoms with van der Waals surface area (Å²) in [5, 5.41) is 22.9. The summed E-state index contributed by atoms with van der Waals surface area (Å²) < 4.78 is 0. The fourth-order valence-electron chi connectivity index (χ4n) is 1.17. The van der Waals surface area contributed by atoms with Crippen LogP contribution in [0.15, 0.2) is 30.3 Å². The molecule has 1 aromatic rings. The Balaban J connectivity index is 2.30. The molecule has 4 N–H and O–H groups in total. The van der Waals surface area contributed by atoms with Gasteiger partial charge in [-0.2, -0.15) is 0 Å². The molecule has 0 spiro atoms. The summed E-state index contributed by atoms with van der Waals surface area (Å²) in [6, 6.07) is 8.73. The minimum Gasteiger partial charge on any atom is -0.394 e. The lowest BCUT2D eigenvalue weighted by molar-refractivity contribution is -0.120. The van der Waals surface area contributed by atoms with Crippen molar-refractivity contribution in [3.8, 4) is 0 Å². The van der Waals surface area contributed by atoms with Crippen molar-refractivity contribution in [1.29, 1.82) is 0 Å². The van der Waals surface area contributed by atoms with Crippen LogP contribution in [0.25, 0.3) is 0 Å². The molecular weight excluding hydrogens is 208 g/mol. The van der Waals surface area contributed by atoms with Crippen LogP contribution in [0.2, 0.25) is 0 Å². The van der Waals surface area contributed by atoms with Crippen LogP contribution >= 0.6 is 0 Å². The highest BCUT2D eigenvalue weighted by Crippen LogP contribution is 2.03. The van der Waals surface area contributed by atoms with E-state index in [4.69, 9.17) is 10.2 Å². The third kappa shape index (κ3) is 4.29. The van der Waals surface area contributed by atoms with E-state index in [1.165, 1.54) is 0 Å². The number of carbonyl (C=O) groups is 1. The minimum atomic E-state index is -0.593. The molecule has 1 rings (SSSR count). The monoisotopic (exact) mass is 224 g/mol. The summed E-state index contributed by atoms with van der Waals surface area (Å²) in [4.78, 5) is 11.3. The molecule has 1 amide bonds. The number of rotatable bonds is 6. The highest BCUT2D eigenvalue weighted by Gasteiger charge is 2.09. The highest BCUT2D eigenvalue weighted by molar-refractivity contribution is 5.80. The zero-order valence-electron chi connectivity index (χ0n) is 8.89. The Labute approximate surface area is 94.1 Å². The normalized spacial score (nSPS) is 10.2. The van der Waals surface area contributed by atoms with Crippen molar-refractivity contribution in [2.24, 2.45) is 0 Å². The predicted molar refractivity (Wildman–Crippen MR) is 61.0 cm³/mol. The van der Waals surface area contributed by atoms with Crippen molar-refractivity contribution in [3.63, 3.8) is 0 Å². The van der Waals surface area contributed by atoms with Crippen LogP contribution in [0.5, 0.6) is 0 Å². The number of anilines is 1. The zero-order chi connectivity index (χ0) is 11.8. The Morgan fingerprint density at radius 3 is 2.38 bits per heavy atom. The molecule has 0 aliphatic heterocycles. The molecule has 0 atom stereocenters. The van der Waals surface area contributed by atoms with Gasteiger partial charge in [0.05, 0.1) is 25.8 Å². The molecule has 0 aromatic heterocycles. The topological polar surface area (TPSA) is 81.6 Å². The number of hydrogen-bond donors (Lipinski definition) is 4. The van der Waals surface area contributed by atoms with Gasteiger partial charge >= 0.3 is 0 Å². The molecule has 88 valence electrons. The lowest BCUT2D eigenvalue weighted by atomic mass is 10.3. The van der Waals surface area contributed by atoms with Crippen molar-refractivity contribution in [1.82, 2.24) is 5.32 Å². The largest absolute Gasteiger partial charge is 0.394 e. The number of aliphatic hydroxyl groups excluding tert-OH is 2. The summed E-state index contributed by atoms with van der Waals surface area (Å²) in [5.41, 5.74) is 0.849. The first kappa shape index (κ1) is 12.5. The third-order valence-corrected chi connectivity index (χ3v) is 2.03. The molecular formula is C11H16N2O3. The lowest BCUT2D eigenvalue weighted by Gasteiger charge is -2.13. The van der Waals surface area contributed by atoms with Gasteiger partial charge in [0.25, 0.3) is 0 Å². The standard InChI is InChI=1S/C11H16N2O3/c14-7-10(8-15)13-11(16)6-12-9-4-2-1-3-5-9/h1-5,10,12,14-15H,6-8H2,(H,13,16). The van der Waals surface area contributed by atoms with Crippen LogP contribution in [0.1, 0.15) is 0 Å². The Bertz CT molecular complexity index is 312. The van der Waals surface area contributed by atoms with Crippen LogP contribution in [-0.2, 0) is 4.79 Å². The van der Waals surface area contributed by atoms with Crippen molar-refractivity contribution in [3.05, 3.63) is 30.3 Å². The maximum Gasteiger partial charge on any atom is 0.239 e. The van der Waals surface area contributed by atoms with Crippen molar-refractivity contribution in [2.75, 3.05) is 25.1 Å². The average molecular weight is 224 g/mol. The maximum absolute atomic E-state index is 11.3. The molecule has 0 aliphatic rings. The molecule has 1 aromatic carbocycles. The van der Waals surface area contributed by atoms with E-state index in [1.807, 2.05) is 30.3 Å². The van der Waals surface area contributed by atoms with Gasteiger partial charge in [-0.3, -0.25) is 4.79 Å². The van der Waals surface area contributed by atoms with Gasteiger partial charge in [-0.25, -0.2) is 0 Å². The first-order chi connectivity index (χ1) is 7.76. The summed E-state index contributed by atoms with van der Waals surface area (Å²) in [6.45, 7) is -0.429. The van der Waals surface area contributed by atoms with Gasteiger partial charge in [-0.15, -0.1) is 0 Å². The van der Waals surface area contributed by atoms with E-state index in [9.17, 15) is 4.79 Å². The van der Waals surface area contributed by atoms with Crippen molar-refractivity contribution >= 4 is 11.6 Å². The molecule has 16 heavy (non-hydrogen) atoms. The number of para-hydroxylation sites is 1. The fourth-order valence-corrected chi connectivity index (χ4v) is 1.17. The summed E-state index contributed by atoms with van der Waals surface area (Å²) in [6.07, 6.45) is 0. The maximum atomic E-state index is 11.3. The van der Waals surface area contributed by atoms with Crippen LogP contribution in [0.4, 0.5) is 5.69 Å². The van der Waals surface area contributed by atoms with E-state index in [2.05, 4.69) is 10.6 Å². The number of hydrogen-bond acceptors (Lipinski definition) is 4. The fraction of sp³-hybridized carbons (Fsp3) is 0.364. The van der Waals surface area contributed by atoms with E-state index in [-0.39, 0.29) is 25.7 Å². The van der Waals surface area contributed by atoms with Crippen molar-refractivity contribution < 1.29 is 15.0 Å². The number of carbonyl (C=O) groups excluding carboxylic acids is 1. The number of nitrogens with one attached hydrogen (secondary N) is 2. The summed E-state index contributed by atoms with van der Waals surface area (Å²) >= 11 is 0. The van der Waals surface area contributed by atoms with Gasteiger partial charge in [0.1, 0.15) is 0 Å². The van der Waals surface area contributed by atoms with Gasteiger partial charge in [-0.05, 0) is 12.1 Å². The average Bonchev–Trinajstić information content (AvgIpc) is 2.34. The van der Waals surface area contributed by atoms with E-state index in [0.29, 0.717) is 0 Å². The Hall–Kier alpha value is -1.59. The molecule has 0 bridgehead atoms. The minimum absolute atomic E-state index is 0.112. The summed E-state index contributed by atoms with van der Waals surface area (Å²) in [7, 11) is 0. The second-order valence-corrected chi connectivity index (χ2v) is 3.35. The second-order valence-electron chi connectivity index (χ2n) is 3.35. The molecule has 0 heterocycles. The number of benzene rings is 1. The van der Waals surface area contributed by atoms with Crippen molar-refractivity contribution in [2.45, 2.75) is 6.04 Å². The highest BCUT2D eigenvalue weighted by atomic mass is 16.3. The quantitative estimate of drug-likeness (QED) is 0.528. The summed E-state index contributed by atoms with van der Waals surface area (Å²) in [5.74, 6) is -0.267. The molecule has 0 saturated carbocycles. The Morgan fingerprint density at radius 2 is 1.81 bits per heavy atom. The van der Waals surface area contributed by atoms with Gasteiger partial charge in [0, 0.05) is 5.69 Å². The molecule has 5 nitrogen and oxygen atoms in total. The first-order valence-electron chi connectivity index (χ1n) is 5.06. The molecule has 0 aliphatic carbocycles. The number of aliphatic hydroxyl groups is 2. The molecule has 0 fully saturated rings. The van der Waals surface area contributed by atoms with Gasteiger partial charge in [-0.1, -0.05) is 18.2 Å². The van der Waals surface area contributed by atoms with Crippen LogP contribution in [0.3, 0.4) is 0 Å². The van der Waals surface area contributed by atoms with Crippen LogP contribution < -0.4 is 10.6 Å².